The van der Waals surface area contributed by atoms with Crippen LogP contribution < -0.4 is 10.2 Å². The SMILES string of the molecule is COC(=O)Cc1[nH]cc([N+](=O)[O-])c(=O)c1OC(F)(F)F. The van der Waals surface area contributed by atoms with Crippen LogP contribution in [0, 0.1) is 10.1 Å². The molecule has 8 nitrogen and oxygen atoms in total. The number of halogens is 3. The largest absolute Gasteiger partial charge is 0.573 e. The molecule has 1 heterocycles. The Hall–Kier alpha value is -2.59. The number of nitro groups is 1. The van der Waals surface area contributed by atoms with E-state index in [0.29, 0.717) is 6.20 Å². The van der Waals surface area contributed by atoms with Gasteiger partial charge in [-0.1, -0.05) is 0 Å². The fourth-order valence-corrected chi connectivity index (χ4v) is 1.25. The van der Waals surface area contributed by atoms with Gasteiger partial charge in [-0.05, 0) is 0 Å². The molecule has 0 aliphatic heterocycles. The van der Waals surface area contributed by atoms with Gasteiger partial charge in [-0.25, -0.2) is 0 Å². The fraction of sp³-hybridized carbons (Fsp3) is 0.333. The Balaban J connectivity index is 3.37. The van der Waals surface area contributed by atoms with Gasteiger partial charge in [-0.15, -0.1) is 13.2 Å². The number of H-pyrrole nitrogens is 1. The number of ether oxygens (including phenoxy) is 2. The minimum atomic E-state index is -5.24. The second-order valence-corrected chi connectivity index (χ2v) is 3.37. The van der Waals surface area contributed by atoms with Gasteiger partial charge in [0.2, 0.25) is 5.75 Å². The molecule has 0 aromatic carbocycles. The van der Waals surface area contributed by atoms with Gasteiger partial charge in [-0.3, -0.25) is 19.7 Å². The lowest BCUT2D eigenvalue weighted by Gasteiger charge is -2.11. The van der Waals surface area contributed by atoms with E-state index in [0.717, 1.165) is 7.11 Å². The topological polar surface area (TPSA) is 112 Å². The van der Waals surface area contributed by atoms with Gasteiger partial charge in [0, 0.05) is 0 Å². The zero-order valence-corrected chi connectivity index (χ0v) is 9.82. The first-order valence-corrected chi connectivity index (χ1v) is 4.87. The summed E-state index contributed by atoms with van der Waals surface area (Å²) in [4.78, 5) is 33.9. The lowest BCUT2D eigenvalue weighted by molar-refractivity contribution is -0.386. The first-order valence-electron chi connectivity index (χ1n) is 4.87. The van der Waals surface area contributed by atoms with Crippen molar-refractivity contribution in [1.29, 1.82) is 0 Å². The summed E-state index contributed by atoms with van der Waals surface area (Å²) in [5.74, 6) is -2.32. The van der Waals surface area contributed by atoms with Crippen molar-refractivity contribution in [2.45, 2.75) is 12.8 Å². The number of aromatic amines is 1. The monoisotopic (exact) mass is 296 g/mol. The second kappa shape index (κ2) is 5.59. The standard InChI is InChI=1S/C9H7F3N2O6/c1-19-6(15)2-4-8(20-9(10,11)12)7(16)5(3-13-4)14(17)18/h3H,2H2,1H3,(H,13,16). The lowest BCUT2D eigenvalue weighted by atomic mass is 10.2. The maximum atomic E-state index is 12.2. The van der Waals surface area contributed by atoms with Gasteiger partial charge >= 0.3 is 23.4 Å². The summed E-state index contributed by atoms with van der Waals surface area (Å²) in [6.07, 6.45) is -5.41. The average molecular weight is 296 g/mol. The van der Waals surface area contributed by atoms with Crippen LogP contribution in [0.1, 0.15) is 5.69 Å². The third kappa shape index (κ3) is 3.70. The summed E-state index contributed by atoms with van der Waals surface area (Å²) in [6.45, 7) is 0. The Morgan fingerprint density at radius 2 is 2.10 bits per heavy atom. The average Bonchev–Trinajstić information content (AvgIpc) is 2.31. The molecule has 0 spiro atoms. The third-order valence-electron chi connectivity index (χ3n) is 2.06. The van der Waals surface area contributed by atoms with Crippen molar-refractivity contribution < 1.29 is 32.4 Å². The van der Waals surface area contributed by atoms with E-state index in [1.807, 2.05) is 4.98 Å². The predicted molar refractivity (Wildman–Crippen MR) is 56.1 cm³/mol. The molecule has 1 aromatic heterocycles. The van der Waals surface area contributed by atoms with Gasteiger partial charge in [0.1, 0.15) is 0 Å². The number of carbonyl (C=O) groups excluding carboxylic acids is 1. The number of esters is 1. The molecule has 0 saturated heterocycles. The van der Waals surface area contributed by atoms with Crippen molar-refractivity contribution >= 4 is 11.7 Å². The van der Waals surface area contributed by atoms with Crippen LogP contribution in [0.2, 0.25) is 0 Å². The molecule has 11 heteroatoms. The highest BCUT2D eigenvalue weighted by Gasteiger charge is 2.35. The summed E-state index contributed by atoms with van der Waals surface area (Å²) in [6, 6.07) is 0. The van der Waals surface area contributed by atoms with Gasteiger partial charge in [-0.2, -0.15) is 0 Å². The zero-order valence-electron chi connectivity index (χ0n) is 9.82. The van der Waals surface area contributed by atoms with Crippen LogP contribution >= 0.6 is 0 Å². The van der Waals surface area contributed by atoms with Crippen molar-refractivity contribution in [3.63, 3.8) is 0 Å². The number of pyridine rings is 1. The minimum Gasteiger partial charge on any atom is -0.469 e. The zero-order chi connectivity index (χ0) is 15.5. The summed E-state index contributed by atoms with van der Waals surface area (Å²) in [5.41, 5.74) is -3.31. The second-order valence-electron chi connectivity index (χ2n) is 3.37. The van der Waals surface area contributed by atoms with Crippen molar-refractivity contribution in [3.05, 3.63) is 32.2 Å². The summed E-state index contributed by atoms with van der Waals surface area (Å²) in [7, 11) is 0.982. The molecular formula is C9H7F3N2O6. The van der Waals surface area contributed by atoms with Crippen LogP contribution in [0.4, 0.5) is 18.9 Å². The predicted octanol–water partition coefficient (Wildman–Crippen LogP) is 0.897. The van der Waals surface area contributed by atoms with Crippen LogP contribution in [-0.4, -0.2) is 29.3 Å². The maximum Gasteiger partial charge on any atom is 0.573 e. The van der Waals surface area contributed by atoms with Crippen molar-refractivity contribution in [2.75, 3.05) is 7.11 Å². The summed E-state index contributed by atoms with van der Waals surface area (Å²) < 4.78 is 44.2. The van der Waals surface area contributed by atoms with Crippen LogP contribution in [0.5, 0.6) is 5.75 Å². The Kier molecular flexibility index (Phi) is 4.32. The van der Waals surface area contributed by atoms with Crippen molar-refractivity contribution in [1.82, 2.24) is 4.98 Å². The highest BCUT2D eigenvalue weighted by atomic mass is 19.4. The minimum absolute atomic E-state index is 0.573. The molecule has 0 atom stereocenters. The third-order valence-corrected chi connectivity index (χ3v) is 2.06. The molecule has 0 amide bonds. The van der Waals surface area contributed by atoms with E-state index in [9.17, 15) is 32.9 Å². The van der Waals surface area contributed by atoms with E-state index < -0.39 is 46.2 Å². The number of rotatable bonds is 4. The van der Waals surface area contributed by atoms with Crippen molar-refractivity contribution in [3.8, 4) is 5.75 Å². The number of hydrogen-bond donors (Lipinski definition) is 1. The highest BCUT2D eigenvalue weighted by molar-refractivity contribution is 5.72. The highest BCUT2D eigenvalue weighted by Crippen LogP contribution is 2.24. The van der Waals surface area contributed by atoms with Gasteiger partial charge < -0.3 is 14.5 Å². The Morgan fingerprint density at radius 1 is 1.50 bits per heavy atom. The first-order chi connectivity index (χ1) is 9.15. The molecule has 110 valence electrons. The van der Waals surface area contributed by atoms with Crippen molar-refractivity contribution in [2.24, 2.45) is 0 Å². The maximum absolute atomic E-state index is 12.2. The van der Waals surface area contributed by atoms with Gasteiger partial charge in [0.05, 0.1) is 30.3 Å². The number of alkyl halides is 3. The van der Waals surface area contributed by atoms with Crippen LogP contribution in [-0.2, 0) is 16.0 Å². The molecule has 0 aliphatic rings. The van der Waals surface area contributed by atoms with Gasteiger partial charge in [0.25, 0.3) is 0 Å². The van der Waals surface area contributed by atoms with Crippen LogP contribution in [0.15, 0.2) is 11.0 Å². The van der Waals surface area contributed by atoms with E-state index in [4.69, 9.17) is 0 Å². The van der Waals surface area contributed by atoms with Crippen LogP contribution in [0.25, 0.3) is 0 Å². The number of hydrogen-bond acceptors (Lipinski definition) is 6. The Bertz CT molecular complexity index is 594. The number of nitrogens with zero attached hydrogens (tertiary/aromatic N) is 1. The molecule has 0 radical (unpaired) electrons. The lowest BCUT2D eigenvalue weighted by Crippen LogP contribution is -2.25. The molecular weight excluding hydrogens is 289 g/mol. The smallest absolute Gasteiger partial charge is 0.469 e. The Labute approximate surface area is 108 Å². The molecule has 0 unspecified atom stereocenters. The molecule has 0 aliphatic carbocycles. The first kappa shape index (κ1) is 15.5. The molecule has 0 fully saturated rings. The molecule has 0 saturated carbocycles. The molecule has 1 rings (SSSR count). The molecule has 1 N–H and O–H groups in total. The number of carbonyl (C=O) groups is 1. The van der Waals surface area contributed by atoms with E-state index in [1.165, 1.54) is 0 Å². The quantitative estimate of drug-likeness (QED) is 0.502. The Morgan fingerprint density at radius 3 is 2.55 bits per heavy atom. The van der Waals surface area contributed by atoms with E-state index in [-0.39, 0.29) is 0 Å². The van der Waals surface area contributed by atoms with E-state index in [2.05, 4.69) is 9.47 Å². The normalized spacial score (nSPS) is 11.0. The molecule has 1 aromatic rings. The van der Waals surface area contributed by atoms with E-state index >= 15 is 0 Å². The number of aromatic nitrogens is 1. The number of methoxy groups -OCH3 is 1. The molecule has 0 bridgehead atoms. The van der Waals surface area contributed by atoms with Gasteiger partial charge in [0.15, 0.2) is 0 Å². The molecule has 20 heavy (non-hydrogen) atoms. The number of nitrogens with one attached hydrogen (secondary N) is 1. The fourth-order valence-electron chi connectivity index (χ4n) is 1.25. The van der Waals surface area contributed by atoms with Crippen LogP contribution in [0.3, 0.4) is 0 Å². The summed E-state index contributed by atoms with van der Waals surface area (Å²) in [5, 5.41) is 10.5. The summed E-state index contributed by atoms with van der Waals surface area (Å²) >= 11 is 0. The van der Waals surface area contributed by atoms with E-state index in [1.54, 1.807) is 0 Å².